The molecule has 3 heterocycles. The summed E-state index contributed by atoms with van der Waals surface area (Å²) in [6, 6.07) is 12.2. The molecule has 1 aliphatic heterocycles. The maximum Gasteiger partial charge on any atom is 0.257 e. The van der Waals surface area contributed by atoms with Gasteiger partial charge in [-0.05, 0) is 37.6 Å². The molecule has 1 amide bonds. The lowest BCUT2D eigenvalue weighted by atomic mass is 10.1. The van der Waals surface area contributed by atoms with Crippen LogP contribution >= 0.6 is 0 Å². The molecule has 0 N–H and O–H groups in total. The van der Waals surface area contributed by atoms with Gasteiger partial charge in [-0.15, -0.1) is 0 Å². The quantitative estimate of drug-likeness (QED) is 0.703. The van der Waals surface area contributed by atoms with E-state index in [4.69, 9.17) is 0 Å². The SMILES string of the molecule is CCc1c(C(=O)N2CCN(c3ccncc3)CC2)cnn1-c1ccc(C)cc1. The minimum atomic E-state index is 0.0737. The summed E-state index contributed by atoms with van der Waals surface area (Å²) in [6.45, 7) is 7.20. The van der Waals surface area contributed by atoms with Crippen LogP contribution in [0.3, 0.4) is 0 Å². The van der Waals surface area contributed by atoms with Gasteiger partial charge in [0.15, 0.2) is 0 Å². The number of nitrogens with zero attached hydrogens (tertiary/aromatic N) is 5. The Morgan fingerprint density at radius 3 is 2.29 bits per heavy atom. The summed E-state index contributed by atoms with van der Waals surface area (Å²) in [5.74, 6) is 0.0737. The molecule has 1 saturated heterocycles. The molecule has 2 aromatic heterocycles. The molecule has 144 valence electrons. The molecule has 0 bridgehead atoms. The van der Waals surface area contributed by atoms with Crippen LogP contribution in [0.5, 0.6) is 0 Å². The van der Waals surface area contributed by atoms with E-state index in [0.29, 0.717) is 18.7 Å². The number of rotatable bonds is 4. The van der Waals surface area contributed by atoms with Gasteiger partial charge in [0.1, 0.15) is 0 Å². The van der Waals surface area contributed by atoms with Gasteiger partial charge in [0.2, 0.25) is 0 Å². The monoisotopic (exact) mass is 375 g/mol. The molecule has 0 radical (unpaired) electrons. The summed E-state index contributed by atoms with van der Waals surface area (Å²) < 4.78 is 1.89. The second-order valence-electron chi connectivity index (χ2n) is 7.09. The van der Waals surface area contributed by atoms with E-state index < -0.39 is 0 Å². The summed E-state index contributed by atoms with van der Waals surface area (Å²) in [5, 5.41) is 4.52. The van der Waals surface area contributed by atoms with Gasteiger partial charge >= 0.3 is 0 Å². The molecule has 0 aliphatic carbocycles. The second kappa shape index (κ2) is 7.84. The van der Waals surface area contributed by atoms with Crippen molar-refractivity contribution in [1.82, 2.24) is 19.7 Å². The van der Waals surface area contributed by atoms with E-state index in [0.717, 1.165) is 36.6 Å². The van der Waals surface area contributed by atoms with E-state index in [2.05, 4.69) is 41.0 Å². The van der Waals surface area contributed by atoms with Crippen molar-refractivity contribution in [1.29, 1.82) is 0 Å². The smallest absolute Gasteiger partial charge is 0.257 e. The largest absolute Gasteiger partial charge is 0.368 e. The van der Waals surface area contributed by atoms with Gasteiger partial charge < -0.3 is 9.80 Å². The second-order valence-corrected chi connectivity index (χ2v) is 7.09. The number of piperazine rings is 1. The lowest BCUT2D eigenvalue weighted by molar-refractivity contribution is 0.0745. The number of hydrogen-bond acceptors (Lipinski definition) is 4. The van der Waals surface area contributed by atoms with Gasteiger partial charge in [0.25, 0.3) is 5.91 Å². The average molecular weight is 375 g/mol. The van der Waals surface area contributed by atoms with Crippen LogP contribution in [0.15, 0.2) is 55.0 Å². The van der Waals surface area contributed by atoms with Crippen molar-refractivity contribution in [2.45, 2.75) is 20.3 Å². The van der Waals surface area contributed by atoms with E-state index in [9.17, 15) is 4.79 Å². The zero-order chi connectivity index (χ0) is 19.5. The maximum atomic E-state index is 13.2. The highest BCUT2D eigenvalue weighted by Gasteiger charge is 2.26. The van der Waals surface area contributed by atoms with Crippen LogP contribution in [-0.4, -0.2) is 51.8 Å². The zero-order valence-electron chi connectivity index (χ0n) is 16.4. The van der Waals surface area contributed by atoms with Crippen molar-refractivity contribution in [2.75, 3.05) is 31.1 Å². The molecule has 0 unspecified atom stereocenters. The molecule has 6 heteroatoms. The molecule has 6 nitrogen and oxygen atoms in total. The Morgan fingerprint density at radius 1 is 0.964 bits per heavy atom. The number of pyridine rings is 1. The van der Waals surface area contributed by atoms with Gasteiger partial charge in [0, 0.05) is 44.3 Å². The van der Waals surface area contributed by atoms with Crippen LogP contribution in [0.4, 0.5) is 5.69 Å². The highest BCUT2D eigenvalue weighted by Crippen LogP contribution is 2.20. The predicted molar refractivity (Wildman–Crippen MR) is 110 cm³/mol. The first-order valence-electron chi connectivity index (χ1n) is 9.75. The van der Waals surface area contributed by atoms with Gasteiger partial charge in [0.05, 0.1) is 23.1 Å². The lowest BCUT2D eigenvalue weighted by Crippen LogP contribution is -2.48. The maximum absolute atomic E-state index is 13.2. The zero-order valence-corrected chi connectivity index (χ0v) is 16.4. The van der Waals surface area contributed by atoms with Crippen molar-refractivity contribution < 1.29 is 4.79 Å². The molecular weight excluding hydrogens is 350 g/mol. The fourth-order valence-corrected chi connectivity index (χ4v) is 3.69. The standard InChI is InChI=1S/C22H25N5O/c1-3-21-20(16-24-27(21)19-6-4-17(2)5-7-19)22(28)26-14-12-25(13-15-26)18-8-10-23-11-9-18/h4-11,16H,3,12-15H2,1-2H3. The fourth-order valence-electron chi connectivity index (χ4n) is 3.69. The van der Waals surface area contributed by atoms with Gasteiger partial charge in [-0.3, -0.25) is 9.78 Å². The first kappa shape index (κ1) is 18.2. The van der Waals surface area contributed by atoms with E-state index in [1.807, 2.05) is 33.8 Å². The van der Waals surface area contributed by atoms with Crippen molar-refractivity contribution in [3.05, 3.63) is 71.8 Å². The Labute approximate surface area is 165 Å². The molecule has 0 atom stereocenters. The Kier molecular flexibility index (Phi) is 5.10. The van der Waals surface area contributed by atoms with Crippen LogP contribution < -0.4 is 4.90 Å². The van der Waals surface area contributed by atoms with E-state index in [1.165, 1.54) is 5.56 Å². The van der Waals surface area contributed by atoms with Crippen molar-refractivity contribution in [2.24, 2.45) is 0 Å². The number of aryl methyl sites for hydroxylation is 1. The number of amides is 1. The van der Waals surface area contributed by atoms with Crippen molar-refractivity contribution in [3.63, 3.8) is 0 Å². The Bertz CT molecular complexity index is 941. The van der Waals surface area contributed by atoms with Crippen LogP contribution in [0, 0.1) is 6.92 Å². The Balaban J connectivity index is 1.50. The number of anilines is 1. The summed E-state index contributed by atoms with van der Waals surface area (Å²) in [7, 11) is 0. The molecule has 28 heavy (non-hydrogen) atoms. The average Bonchev–Trinajstić information content (AvgIpc) is 3.18. The highest BCUT2D eigenvalue weighted by molar-refractivity contribution is 5.95. The molecule has 3 aromatic rings. The number of benzene rings is 1. The Morgan fingerprint density at radius 2 is 1.64 bits per heavy atom. The Hall–Kier alpha value is -3.15. The molecule has 1 aliphatic rings. The van der Waals surface area contributed by atoms with Gasteiger partial charge in [-0.1, -0.05) is 24.6 Å². The number of hydrogen-bond donors (Lipinski definition) is 0. The molecule has 1 fully saturated rings. The summed E-state index contributed by atoms with van der Waals surface area (Å²) in [6.07, 6.45) is 6.09. The topological polar surface area (TPSA) is 54.3 Å². The third kappa shape index (κ3) is 3.50. The molecular formula is C22H25N5O. The number of carbonyl (C=O) groups is 1. The minimum absolute atomic E-state index is 0.0737. The first-order valence-corrected chi connectivity index (χ1v) is 9.75. The van der Waals surface area contributed by atoms with Crippen LogP contribution in [0.1, 0.15) is 28.5 Å². The van der Waals surface area contributed by atoms with Crippen molar-refractivity contribution in [3.8, 4) is 5.69 Å². The van der Waals surface area contributed by atoms with E-state index in [1.54, 1.807) is 18.6 Å². The third-order valence-electron chi connectivity index (χ3n) is 5.31. The highest BCUT2D eigenvalue weighted by atomic mass is 16.2. The number of carbonyl (C=O) groups excluding carboxylic acids is 1. The normalized spacial score (nSPS) is 14.4. The van der Waals surface area contributed by atoms with Crippen LogP contribution in [0.2, 0.25) is 0 Å². The van der Waals surface area contributed by atoms with E-state index in [-0.39, 0.29) is 5.91 Å². The van der Waals surface area contributed by atoms with Crippen molar-refractivity contribution >= 4 is 11.6 Å². The van der Waals surface area contributed by atoms with Gasteiger partial charge in [-0.2, -0.15) is 5.10 Å². The first-order chi connectivity index (χ1) is 13.7. The molecule has 0 saturated carbocycles. The minimum Gasteiger partial charge on any atom is -0.368 e. The van der Waals surface area contributed by atoms with E-state index >= 15 is 0 Å². The summed E-state index contributed by atoms with van der Waals surface area (Å²) >= 11 is 0. The molecule has 1 aromatic carbocycles. The summed E-state index contributed by atoms with van der Waals surface area (Å²) in [4.78, 5) is 21.5. The molecule has 4 rings (SSSR count). The summed E-state index contributed by atoms with van der Waals surface area (Å²) in [5.41, 5.74) is 5.02. The van der Waals surface area contributed by atoms with Crippen LogP contribution in [0.25, 0.3) is 5.69 Å². The predicted octanol–water partition coefficient (Wildman–Crippen LogP) is 3.10. The number of aromatic nitrogens is 3. The third-order valence-corrected chi connectivity index (χ3v) is 5.31. The van der Waals surface area contributed by atoms with Gasteiger partial charge in [-0.25, -0.2) is 4.68 Å². The van der Waals surface area contributed by atoms with Crippen LogP contribution in [-0.2, 0) is 6.42 Å². The lowest BCUT2D eigenvalue weighted by Gasteiger charge is -2.36. The fraction of sp³-hybridized carbons (Fsp3) is 0.318. The molecule has 0 spiro atoms.